The average Bonchev–Trinajstić information content (AvgIpc) is 2.95. The van der Waals surface area contributed by atoms with Crippen molar-refractivity contribution in [2.24, 2.45) is 7.05 Å². The van der Waals surface area contributed by atoms with Gasteiger partial charge in [0.05, 0.1) is 23.4 Å². The van der Waals surface area contributed by atoms with Crippen LogP contribution in [-0.2, 0) is 11.8 Å². The lowest BCUT2D eigenvalue weighted by atomic mass is 10.1. The third kappa shape index (κ3) is 4.54. The molecule has 0 spiro atoms. The maximum absolute atomic E-state index is 13.0. The highest BCUT2D eigenvalue weighted by atomic mass is 35.5. The minimum absolute atomic E-state index is 0.0719. The zero-order chi connectivity index (χ0) is 18.6. The van der Waals surface area contributed by atoms with Crippen LogP contribution in [0.5, 0.6) is 0 Å². The third-order valence-corrected chi connectivity index (χ3v) is 3.43. The topological polar surface area (TPSA) is 73.2 Å². The van der Waals surface area contributed by atoms with Gasteiger partial charge in [-0.05, 0) is 24.6 Å². The molecule has 1 amide bonds. The van der Waals surface area contributed by atoms with E-state index in [4.69, 9.17) is 16.3 Å². The van der Waals surface area contributed by atoms with Crippen molar-refractivity contribution in [3.05, 3.63) is 46.2 Å². The molecule has 1 N–H and O–H groups in total. The molecule has 0 aliphatic heterocycles. The maximum atomic E-state index is 13.0. The predicted octanol–water partition coefficient (Wildman–Crippen LogP) is 3.83. The molecule has 6 nitrogen and oxygen atoms in total. The Morgan fingerprint density at radius 2 is 2.08 bits per heavy atom. The predicted molar refractivity (Wildman–Crippen MR) is 88.1 cm³/mol. The fourth-order valence-corrected chi connectivity index (χ4v) is 2.27. The smallest absolute Gasteiger partial charge is 0.340 e. The van der Waals surface area contributed by atoms with Gasteiger partial charge in [-0.25, -0.2) is 13.6 Å². The van der Waals surface area contributed by atoms with Crippen molar-refractivity contribution in [3.8, 4) is 0 Å². The standard InChI is InChI=1S/C16H16ClF2N3O3/c1-3-6-25-16(24)10-5-4-9(17)7-12(10)20-15(23)11-8-22(2)21-13(11)14(18)19/h4-5,7-8,14H,3,6H2,1-2H3,(H,20,23). The number of amides is 1. The van der Waals surface area contributed by atoms with Gasteiger partial charge < -0.3 is 10.1 Å². The van der Waals surface area contributed by atoms with Crippen LogP contribution in [0.15, 0.2) is 24.4 Å². The number of hydrogen-bond donors (Lipinski definition) is 1. The number of nitrogens with one attached hydrogen (secondary N) is 1. The van der Waals surface area contributed by atoms with Gasteiger partial charge in [0.2, 0.25) is 0 Å². The van der Waals surface area contributed by atoms with Gasteiger partial charge in [0.15, 0.2) is 0 Å². The Labute approximate surface area is 147 Å². The number of ether oxygens (including phenoxy) is 1. The second-order valence-corrected chi connectivity index (χ2v) is 5.62. The zero-order valence-corrected chi connectivity index (χ0v) is 14.3. The Hall–Kier alpha value is -2.48. The summed E-state index contributed by atoms with van der Waals surface area (Å²) < 4.78 is 32.2. The first kappa shape index (κ1) is 18.9. The molecule has 2 rings (SSSR count). The van der Waals surface area contributed by atoms with Crippen LogP contribution in [-0.4, -0.2) is 28.3 Å². The summed E-state index contributed by atoms with van der Waals surface area (Å²) in [5.41, 5.74) is -0.779. The van der Waals surface area contributed by atoms with Crippen molar-refractivity contribution in [1.29, 1.82) is 0 Å². The lowest BCUT2D eigenvalue weighted by Gasteiger charge is -2.11. The Morgan fingerprint density at radius 1 is 1.36 bits per heavy atom. The molecule has 1 aromatic heterocycles. The first-order chi connectivity index (χ1) is 11.8. The zero-order valence-electron chi connectivity index (χ0n) is 13.6. The SMILES string of the molecule is CCCOC(=O)c1ccc(Cl)cc1NC(=O)c1cn(C)nc1C(F)F. The van der Waals surface area contributed by atoms with Crippen LogP contribution in [0.25, 0.3) is 0 Å². The van der Waals surface area contributed by atoms with Gasteiger partial charge in [0.25, 0.3) is 12.3 Å². The van der Waals surface area contributed by atoms with E-state index >= 15 is 0 Å². The number of aromatic nitrogens is 2. The Morgan fingerprint density at radius 3 is 2.72 bits per heavy atom. The largest absolute Gasteiger partial charge is 0.462 e. The van der Waals surface area contributed by atoms with E-state index in [1.54, 1.807) is 0 Å². The number of anilines is 1. The normalized spacial score (nSPS) is 10.8. The summed E-state index contributed by atoms with van der Waals surface area (Å²) in [6.45, 7) is 2.05. The highest BCUT2D eigenvalue weighted by Crippen LogP contribution is 2.25. The van der Waals surface area contributed by atoms with Crippen LogP contribution < -0.4 is 5.32 Å². The van der Waals surface area contributed by atoms with Crippen molar-refractivity contribution in [2.45, 2.75) is 19.8 Å². The van der Waals surface area contributed by atoms with E-state index in [-0.39, 0.29) is 28.4 Å². The minimum atomic E-state index is -2.91. The first-order valence-corrected chi connectivity index (χ1v) is 7.81. The van der Waals surface area contributed by atoms with E-state index in [0.29, 0.717) is 6.42 Å². The van der Waals surface area contributed by atoms with E-state index in [9.17, 15) is 18.4 Å². The number of nitrogens with zero attached hydrogens (tertiary/aromatic N) is 2. The first-order valence-electron chi connectivity index (χ1n) is 7.43. The molecule has 0 bridgehead atoms. The lowest BCUT2D eigenvalue weighted by molar-refractivity contribution is 0.0506. The molecule has 2 aromatic rings. The molecule has 0 saturated heterocycles. The molecule has 1 aromatic carbocycles. The van der Waals surface area contributed by atoms with Gasteiger partial charge in [0.1, 0.15) is 5.69 Å². The highest BCUT2D eigenvalue weighted by molar-refractivity contribution is 6.31. The van der Waals surface area contributed by atoms with E-state index < -0.39 is 24.0 Å². The second-order valence-electron chi connectivity index (χ2n) is 5.18. The fourth-order valence-electron chi connectivity index (χ4n) is 2.10. The number of hydrogen-bond acceptors (Lipinski definition) is 4. The van der Waals surface area contributed by atoms with Gasteiger partial charge in [-0.15, -0.1) is 0 Å². The van der Waals surface area contributed by atoms with Crippen LogP contribution in [0.2, 0.25) is 5.02 Å². The summed E-state index contributed by atoms with van der Waals surface area (Å²) in [5, 5.41) is 6.27. The number of aryl methyl sites for hydroxylation is 1. The monoisotopic (exact) mass is 371 g/mol. The molecule has 134 valence electrons. The summed E-state index contributed by atoms with van der Waals surface area (Å²) in [7, 11) is 1.43. The van der Waals surface area contributed by atoms with Crippen LogP contribution in [0.4, 0.5) is 14.5 Å². The summed E-state index contributed by atoms with van der Waals surface area (Å²) in [4.78, 5) is 24.4. The van der Waals surface area contributed by atoms with Crippen molar-refractivity contribution < 1.29 is 23.1 Å². The molecule has 0 aliphatic rings. The summed E-state index contributed by atoms with van der Waals surface area (Å²) in [6.07, 6.45) is -1.10. The van der Waals surface area contributed by atoms with Crippen LogP contribution >= 0.6 is 11.6 Å². The fraction of sp³-hybridized carbons (Fsp3) is 0.312. The third-order valence-electron chi connectivity index (χ3n) is 3.20. The van der Waals surface area contributed by atoms with Gasteiger partial charge in [0, 0.05) is 18.3 Å². The molecule has 0 saturated carbocycles. The van der Waals surface area contributed by atoms with E-state index in [2.05, 4.69) is 10.4 Å². The Bertz CT molecular complexity index is 793. The molecular formula is C16H16ClF2N3O3. The number of alkyl halides is 2. The number of carbonyl (C=O) groups excluding carboxylic acids is 2. The molecule has 0 unspecified atom stereocenters. The molecule has 0 aliphatic carbocycles. The Kier molecular flexibility index (Phi) is 6.08. The molecule has 9 heteroatoms. The van der Waals surface area contributed by atoms with E-state index in [1.165, 1.54) is 31.4 Å². The van der Waals surface area contributed by atoms with Crippen molar-refractivity contribution in [1.82, 2.24) is 9.78 Å². The highest BCUT2D eigenvalue weighted by Gasteiger charge is 2.24. The summed E-state index contributed by atoms with van der Waals surface area (Å²) in [5.74, 6) is -1.47. The van der Waals surface area contributed by atoms with Crippen molar-refractivity contribution in [2.75, 3.05) is 11.9 Å². The molecule has 25 heavy (non-hydrogen) atoms. The number of benzene rings is 1. The number of halogens is 3. The van der Waals surface area contributed by atoms with Crippen molar-refractivity contribution in [3.63, 3.8) is 0 Å². The lowest BCUT2D eigenvalue weighted by Crippen LogP contribution is -2.17. The van der Waals surface area contributed by atoms with Gasteiger partial charge >= 0.3 is 5.97 Å². The number of carbonyl (C=O) groups is 2. The number of rotatable bonds is 6. The summed E-state index contributed by atoms with van der Waals surface area (Å²) in [6, 6.07) is 4.21. The second kappa shape index (κ2) is 8.06. The Balaban J connectivity index is 2.32. The number of esters is 1. The van der Waals surface area contributed by atoms with E-state index in [1.807, 2.05) is 6.92 Å². The molecule has 1 heterocycles. The van der Waals surface area contributed by atoms with Gasteiger partial charge in [-0.3, -0.25) is 9.48 Å². The average molecular weight is 372 g/mol. The van der Waals surface area contributed by atoms with Crippen LogP contribution in [0.1, 0.15) is 46.2 Å². The molecule has 0 fully saturated rings. The summed E-state index contributed by atoms with van der Waals surface area (Å²) >= 11 is 5.90. The van der Waals surface area contributed by atoms with Crippen LogP contribution in [0, 0.1) is 0 Å². The van der Waals surface area contributed by atoms with E-state index in [0.717, 1.165) is 4.68 Å². The van der Waals surface area contributed by atoms with Crippen LogP contribution in [0.3, 0.4) is 0 Å². The molecule has 0 atom stereocenters. The maximum Gasteiger partial charge on any atom is 0.340 e. The molecule has 0 radical (unpaired) electrons. The quantitative estimate of drug-likeness (QED) is 0.783. The minimum Gasteiger partial charge on any atom is -0.462 e. The van der Waals surface area contributed by atoms with Gasteiger partial charge in [-0.1, -0.05) is 18.5 Å². The van der Waals surface area contributed by atoms with Crippen molar-refractivity contribution >= 4 is 29.2 Å². The molecular weight excluding hydrogens is 356 g/mol. The van der Waals surface area contributed by atoms with Gasteiger partial charge in [-0.2, -0.15) is 5.10 Å².